The van der Waals surface area contributed by atoms with Gasteiger partial charge in [0.25, 0.3) is 0 Å². The van der Waals surface area contributed by atoms with Gasteiger partial charge >= 0.3 is 0 Å². The van der Waals surface area contributed by atoms with Crippen LogP contribution in [0.1, 0.15) is 45.4 Å². The van der Waals surface area contributed by atoms with Gasteiger partial charge in [-0.05, 0) is 25.7 Å². The molecule has 0 aliphatic carbocycles. The molecular weight excluding hydrogens is 268 g/mol. The van der Waals surface area contributed by atoms with E-state index in [1.54, 1.807) is 0 Å². The number of likely N-dealkylation sites (tertiary alicyclic amines) is 2. The van der Waals surface area contributed by atoms with E-state index < -0.39 is 0 Å². The summed E-state index contributed by atoms with van der Waals surface area (Å²) >= 11 is 0. The van der Waals surface area contributed by atoms with Gasteiger partial charge in [0.15, 0.2) is 0 Å². The molecule has 1 spiro atoms. The first-order chi connectivity index (χ1) is 10.1. The monoisotopic (exact) mass is 294 g/mol. The first-order valence-corrected chi connectivity index (χ1v) is 8.31. The Morgan fingerprint density at radius 1 is 1.43 bits per heavy atom. The molecule has 1 atom stereocenters. The van der Waals surface area contributed by atoms with Crippen molar-refractivity contribution in [1.29, 1.82) is 0 Å². The van der Waals surface area contributed by atoms with Crippen LogP contribution < -0.4 is 0 Å². The van der Waals surface area contributed by atoms with Gasteiger partial charge in [0.05, 0.1) is 19.7 Å². The van der Waals surface area contributed by atoms with Crippen LogP contribution in [0.3, 0.4) is 0 Å². The highest BCUT2D eigenvalue weighted by Crippen LogP contribution is 2.36. The molecule has 0 unspecified atom stereocenters. The van der Waals surface area contributed by atoms with Crippen molar-refractivity contribution in [3.8, 4) is 0 Å². The molecule has 3 aliphatic heterocycles. The molecule has 0 aromatic carbocycles. The van der Waals surface area contributed by atoms with Gasteiger partial charge in [0, 0.05) is 31.8 Å². The number of amides is 2. The number of hydrogen-bond acceptors (Lipinski definition) is 3. The summed E-state index contributed by atoms with van der Waals surface area (Å²) in [6.07, 6.45) is 5.41. The van der Waals surface area contributed by atoms with Crippen molar-refractivity contribution in [3.63, 3.8) is 0 Å². The third-order valence-corrected chi connectivity index (χ3v) is 5.06. The van der Waals surface area contributed by atoms with Crippen LogP contribution in [0.2, 0.25) is 0 Å². The lowest BCUT2D eigenvalue weighted by atomic mass is 9.82. The van der Waals surface area contributed by atoms with E-state index in [1.165, 1.54) is 0 Å². The van der Waals surface area contributed by atoms with Crippen LogP contribution in [0.15, 0.2) is 0 Å². The van der Waals surface area contributed by atoms with Crippen LogP contribution in [-0.4, -0.2) is 60.0 Å². The van der Waals surface area contributed by atoms with Gasteiger partial charge in [-0.15, -0.1) is 0 Å². The average molecular weight is 294 g/mol. The third-order valence-electron chi connectivity index (χ3n) is 5.06. The Morgan fingerprint density at radius 2 is 2.24 bits per heavy atom. The fourth-order valence-electron chi connectivity index (χ4n) is 3.72. The SMILES string of the molecule is CCCC(=O)N1CC2(CC[C@H](CN3CCCC3=O)CO2)C1. The predicted molar refractivity (Wildman–Crippen MR) is 78.7 cm³/mol. The molecule has 3 fully saturated rings. The predicted octanol–water partition coefficient (Wildman–Crippen LogP) is 1.42. The minimum atomic E-state index is -0.0745. The molecule has 0 N–H and O–H groups in total. The second kappa shape index (κ2) is 5.95. The average Bonchev–Trinajstić information content (AvgIpc) is 2.83. The Balaban J connectivity index is 1.42. The normalized spacial score (nSPS) is 28.0. The summed E-state index contributed by atoms with van der Waals surface area (Å²) in [5.41, 5.74) is -0.0745. The molecule has 118 valence electrons. The summed E-state index contributed by atoms with van der Waals surface area (Å²) in [5, 5.41) is 0. The van der Waals surface area contributed by atoms with E-state index in [-0.39, 0.29) is 11.5 Å². The lowest BCUT2D eigenvalue weighted by molar-refractivity contribution is -0.189. The van der Waals surface area contributed by atoms with Gasteiger partial charge < -0.3 is 14.5 Å². The van der Waals surface area contributed by atoms with Crippen molar-refractivity contribution in [2.24, 2.45) is 5.92 Å². The molecule has 3 rings (SSSR count). The van der Waals surface area contributed by atoms with Gasteiger partial charge in [-0.1, -0.05) is 6.92 Å². The standard InChI is InChI=1S/C16H26N2O3/c1-2-4-14(19)18-11-16(12-18)7-6-13(10-21-16)9-17-8-3-5-15(17)20/h13H,2-12H2,1H3/t13-/m1/s1. The highest BCUT2D eigenvalue weighted by molar-refractivity contribution is 5.78. The van der Waals surface area contributed by atoms with E-state index in [0.29, 0.717) is 24.7 Å². The van der Waals surface area contributed by atoms with E-state index in [0.717, 1.165) is 58.5 Å². The molecule has 5 nitrogen and oxygen atoms in total. The Bertz CT molecular complexity index is 408. The quantitative estimate of drug-likeness (QED) is 0.788. The summed E-state index contributed by atoms with van der Waals surface area (Å²) in [4.78, 5) is 27.4. The molecule has 3 aliphatic rings. The van der Waals surface area contributed by atoms with Gasteiger partial charge in [-0.25, -0.2) is 0 Å². The first-order valence-electron chi connectivity index (χ1n) is 8.31. The summed E-state index contributed by atoms with van der Waals surface area (Å²) in [5.74, 6) is 1.03. The fourth-order valence-corrected chi connectivity index (χ4v) is 3.72. The van der Waals surface area contributed by atoms with Crippen molar-refractivity contribution in [2.75, 3.05) is 32.8 Å². The molecule has 0 aromatic rings. The zero-order chi connectivity index (χ0) is 14.9. The zero-order valence-electron chi connectivity index (χ0n) is 13.0. The fraction of sp³-hybridized carbons (Fsp3) is 0.875. The molecule has 0 aromatic heterocycles. The number of carbonyl (C=O) groups is 2. The van der Waals surface area contributed by atoms with Gasteiger partial charge in [-0.3, -0.25) is 9.59 Å². The summed E-state index contributed by atoms with van der Waals surface area (Å²) in [6.45, 7) is 6.07. The van der Waals surface area contributed by atoms with E-state index in [2.05, 4.69) is 0 Å². The van der Waals surface area contributed by atoms with Crippen molar-refractivity contribution >= 4 is 11.8 Å². The van der Waals surface area contributed by atoms with Crippen molar-refractivity contribution in [2.45, 2.75) is 51.0 Å². The Hall–Kier alpha value is -1.10. The summed E-state index contributed by atoms with van der Waals surface area (Å²) in [7, 11) is 0. The van der Waals surface area contributed by atoms with Gasteiger partial charge in [0.2, 0.25) is 11.8 Å². The molecule has 2 amide bonds. The van der Waals surface area contributed by atoms with E-state index in [1.807, 2.05) is 16.7 Å². The molecule has 0 saturated carbocycles. The summed E-state index contributed by atoms with van der Waals surface area (Å²) < 4.78 is 6.09. The van der Waals surface area contributed by atoms with Crippen molar-refractivity contribution in [1.82, 2.24) is 9.80 Å². The maximum atomic E-state index is 11.8. The molecule has 3 saturated heterocycles. The molecule has 0 bridgehead atoms. The Morgan fingerprint density at radius 3 is 2.81 bits per heavy atom. The Kier molecular flexibility index (Phi) is 4.20. The van der Waals surface area contributed by atoms with Crippen LogP contribution in [0, 0.1) is 5.92 Å². The second-order valence-electron chi connectivity index (χ2n) is 6.84. The minimum Gasteiger partial charge on any atom is -0.371 e. The van der Waals surface area contributed by atoms with Crippen LogP contribution in [0.25, 0.3) is 0 Å². The lowest BCUT2D eigenvalue weighted by Gasteiger charge is -2.53. The number of ether oxygens (including phenoxy) is 1. The van der Waals surface area contributed by atoms with E-state index in [4.69, 9.17) is 4.74 Å². The van der Waals surface area contributed by atoms with Crippen molar-refractivity contribution in [3.05, 3.63) is 0 Å². The topological polar surface area (TPSA) is 49.9 Å². The molecule has 5 heteroatoms. The maximum absolute atomic E-state index is 11.8. The number of hydrogen-bond donors (Lipinski definition) is 0. The largest absolute Gasteiger partial charge is 0.371 e. The Labute approximate surface area is 126 Å². The number of nitrogens with zero attached hydrogens (tertiary/aromatic N) is 2. The zero-order valence-corrected chi connectivity index (χ0v) is 13.0. The van der Waals surface area contributed by atoms with Gasteiger partial charge in [-0.2, -0.15) is 0 Å². The third kappa shape index (κ3) is 3.07. The van der Waals surface area contributed by atoms with Crippen molar-refractivity contribution < 1.29 is 14.3 Å². The number of rotatable bonds is 4. The first kappa shape index (κ1) is 14.8. The lowest BCUT2D eigenvalue weighted by Crippen LogP contribution is -2.66. The van der Waals surface area contributed by atoms with Crippen LogP contribution in [0.4, 0.5) is 0 Å². The van der Waals surface area contributed by atoms with E-state index in [9.17, 15) is 9.59 Å². The minimum absolute atomic E-state index is 0.0745. The van der Waals surface area contributed by atoms with Crippen LogP contribution in [-0.2, 0) is 14.3 Å². The highest BCUT2D eigenvalue weighted by atomic mass is 16.5. The van der Waals surface area contributed by atoms with Crippen LogP contribution >= 0.6 is 0 Å². The van der Waals surface area contributed by atoms with Crippen LogP contribution in [0.5, 0.6) is 0 Å². The molecule has 0 radical (unpaired) electrons. The van der Waals surface area contributed by atoms with Gasteiger partial charge in [0.1, 0.15) is 5.60 Å². The number of carbonyl (C=O) groups excluding carboxylic acids is 2. The second-order valence-corrected chi connectivity index (χ2v) is 6.84. The molecule has 21 heavy (non-hydrogen) atoms. The summed E-state index contributed by atoms with van der Waals surface area (Å²) in [6, 6.07) is 0. The molecular formula is C16H26N2O3. The maximum Gasteiger partial charge on any atom is 0.222 e. The molecule has 3 heterocycles. The smallest absolute Gasteiger partial charge is 0.222 e. The highest BCUT2D eigenvalue weighted by Gasteiger charge is 2.48. The van der Waals surface area contributed by atoms with E-state index >= 15 is 0 Å².